The molecule has 1 aliphatic rings. The third-order valence-corrected chi connectivity index (χ3v) is 4.68. The van der Waals surface area contributed by atoms with Crippen LogP contribution >= 0.6 is 11.3 Å². The van der Waals surface area contributed by atoms with Gasteiger partial charge >= 0.3 is 0 Å². The standard InChI is InChI=1S/C13H20N2O3S/c1-8-12(19-11(14-8)7-18-3)13(17)15(2)9-5-4-6-10(9)16/h9-10,16H,4-7H2,1-3H3/t9-,10-/m1/s1. The summed E-state index contributed by atoms with van der Waals surface area (Å²) in [6.07, 6.45) is 2.21. The van der Waals surface area contributed by atoms with Gasteiger partial charge in [0, 0.05) is 14.2 Å². The Bertz CT molecular complexity index is 461. The van der Waals surface area contributed by atoms with E-state index < -0.39 is 6.10 Å². The molecule has 1 heterocycles. The summed E-state index contributed by atoms with van der Waals surface area (Å²) >= 11 is 1.37. The number of amides is 1. The predicted molar refractivity (Wildman–Crippen MR) is 73.3 cm³/mol. The number of likely N-dealkylation sites (N-methyl/N-ethyl adjacent to an activating group) is 1. The number of nitrogens with zero attached hydrogens (tertiary/aromatic N) is 2. The molecule has 1 saturated carbocycles. The monoisotopic (exact) mass is 284 g/mol. The molecule has 106 valence electrons. The third kappa shape index (κ3) is 2.96. The van der Waals surface area contributed by atoms with Crippen molar-refractivity contribution in [3.8, 4) is 0 Å². The first-order chi connectivity index (χ1) is 9.04. The number of hydrogen-bond acceptors (Lipinski definition) is 5. The normalized spacial score (nSPS) is 22.7. The van der Waals surface area contributed by atoms with Gasteiger partial charge in [0.05, 0.1) is 24.4 Å². The topological polar surface area (TPSA) is 62.7 Å². The maximum Gasteiger partial charge on any atom is 0.265 e. The van der Waals surface area contributed by atoms with Crippen LogP contribution in [-0.2, 0) is 11.3 Å². The molecule has 6 heteroatoms. The minimum absolute atomic E-state index is 0.0525. The van der Waals surface area contributed by atoms with Crippen LogP contribution in [0.5, 0.6) is 0 Å². The second-order valence-electron chi connectivity index (χ2n) is 4.94. The van der Waals surface area contributed by atoms with E-state index in [1.54, 1.807) is 19.1 Å². The second-order valence-corrected chi connectivity index (χ2v) is 6.02. The Morgan fingerprint density at radius 3 is 2.89 bits per heavy atom. The largest absolute Gasteiger partial charge is 0.391 e. The van der Waals surface area contributed by atoms with Gasteiger partial charge in [-0.2, -0.15) is 0 Å². The molecule has 1 fully saturated rings. The Kier molecular flexibility index (Phi) is 4.54. The summed E-state index contributed by atoms with van der Waals surface area (Å²) in [6.45, 7) is 2.26. The molecular formula is C13H20N2O3S. The molecular weight excluding hydrogens is 264 g/mol. The van der Waals surface area contributed by atoms with Crippen LogP contribution in [-0.4, -0.2) is 47.2 Å². The first-order valence-electron chi connectivity index (χ1n) is 6.45. The summed E-state index contributed by atoms with van der Waals surface area (Å²) in [6, 6.07) is -0.0696. The second kappa shape index (κ2) is 5.98. The molecule has 0 saturated heterocycles. The van der Waals surface area contributed by atoms with Crippen molar-refractivity contribution in [1.82, 2.24) is 9.88 Å². The SMILES string of the molecule is COCc1nc(C)c(C(=O)N(C)[C@@H]2CCC[C@H]2O)s1. The molecule has 5 nitrogen and oxygen atoms in total. The van der Waals surface area contributed by atoms with Crippen molar-refractivity contribution in [3.63, 3.8) is 0 Å². The predicted octanol–water partition coefficient (Wildman–Crippen LogP) is 1.58. The summed E-state index contributed by atoms with van der Waals surface area (Å²) in [5.74, 6) is -0.0525. The Labute approximate surface area is 117 Å². The van der Waals surface area contributed by atoms with Crippen molar-refractivity contribution in [2.45, 2.75) is 44.9 Å². The lowest BCUT2D eigenvalue weighted by Gasteiger charge is -2.26. The molecule has 1 aromatic rings. The fourth-order valence-corrected chi connectivity index (χ4v) is 3.54. The Morgan fingerprint density at radius 1 is 1.58 bits per heavy atom. The number of carbonyl (C=O) groups excluding carboxylic acids is 1. The van der Waals surface area contributed by atoms with Gasteiger partial charge in [-0.15, -0.1) is 11.3 Å². The zero-order valence-electron chi connectivity index (χ0n) is 11.5. The van der Waals surface area contributed by atoms with Crippen LogP contribution in [0.25, 0.3) is 0 Å². The van der Waals surface area contributed by atoms with Crippen molar-refractivity contribution in [2.75, 3.05) is 14.2 Å². The third-order valence-electron chi connectivity index (χ3n) is 3.56. The van der Waals surface area contributed by atoms with Crippen LogP contribution in [0, 0.1) is 6.92 Å². The smallest absolute Gasteiger partial charge is 0.265 e. The van der Waals surface area contributed by atoms with Crippen molar-refractivity contribution < 1.29 is 14.6 Å². The maximum absolute atomic E-state index is 12.5. The molecule has 0 spiro atoms. The highest BCUT2D eigenvalue weighted by atomic mass is 32.1. The number of hydrogen-bond donors (Lipinski definition) is 1. The van der Waals surface area contributed by atoms with Gasteiger partial charge in [0.1, 0.15) is 9.88 Å². The average molecular weight is 284 g/mol. The molecule has 19 heavy (non-hydrogen) atoms. The number of aryl methyl sites for hydroxylation is 1. The number of carbonyl (C=O) groups is 1. The van der Waals surface area contributed by atoms with E-state index in [0.717, 1.165) is 30.0 Å². The van der Waals surface area contributed by atoms with E-state index in [9.17, 15) is 9.90 Å². The van der Waals surface area contributed by atoms with E-state index in [1.807, 2.05) is 6.92 Å². The van der Waals surface area contributed by atoms with Gasteiger partial charge in [0.25, 0.3) is 5.91 Å². The molecule has 0 aliphatic heterocycles. The lowest BCUT2D eigenvalue weighted by Crippen LogP contribution is -2.41. The van der Waals surface area contributed by atoms with Gasteiger partial charge in [-0.25, -0.2) is 4.98 Å². The van der Waals surface area contributed by atoms with Crippen LogP contribution < -0.4 is 0 Å². The van der Waals surface area contributed by atoms with Gasteiger partial charge in [0.2, 0.25) is 0 Å². The lowest BCUT2D eigenvalue weighted by molar-refractivity contribution is 0.0542. The fraction of sp³-hybridized carbons (Fsp3) is 0.692. The van der Waals surface area contributed by atoms with Crippen molar-refractivity contribution in [1.29, 1.82) is 0 Å². The Morgan fingerprint density at radius 2 is 2.32 bits per heavy atom. The molecule has 1 N–H and O–H groups in total. The van der Waals surface area contributed by atoms with E-state index >= 15 is 0 Å². The number of ether oxygens (including phenoxy) is 1. The van der Waals surface area contributed by atoms with E-state index in [2.05, 4.69) is 4.98 Å². The number of thiazole rings is 1. The van der Waals surface area contributed by atoms with Crippen LogP contribution in [0.1, 0.15) is 39.6 Å². The number of rotatable bonds is 4. The van der Waals surface area contributed by atoms with E-state index in [0.29, 0.717) is 11.5 Å². The molecule has 2 atom stereocenters. The fourth-order valence-electron chi connectivity index (χ4n) is 2.52. The van der Waals surface area contributed by atoms with Crippen LogP contribution in [0.3, 0.4) is 0 Å². The highest BCUT2D eigenvalue weighted by Crippen LogP contribution is 2.27. The average Bonchev–Trinajstić information content (AvgIpc) is 2.94. The van der Waals surface area contributed by atoms with Crippen LogP contribution in [0.4, 0.5) is 0 Å². The molecule has 1 amide bonds. The van der Waals surface area contributed by atoms with Gasteiger partial charge in [-0.1, -0.05) is 0 Å². The summed E-state index contributed by atoms with van der Waals surface area (Å²) in [5.41, 5.74) is 0.737. The quantitative estimate of drug-likeness (QED) is 0.912. The van der Waals surface area contributed by atoms with E-state index in [4.69, 9.17) is 4.74 Å². The Hall–Kier alpha value is -0.980. The van der Waals surface area contributed by atoms with Crippen molar-refractivity contribution >= 4 is 17.2 Å². The summed E-state index contributed by atoms with van der Waals surface area (Å²) in [5, 5.41) is 10.7. The van der Waals surface area contributed by atoms with Crippen LogP contribution in [0.2, 0.25) is 0 Å². The molecule has 1 aromatic heterocycles. The number of aliphatic hydroxyl groups is 1. The highest BCUT2D eigenvalue weighted by molar-refractivity contribution is 7.13. The van der Waals surface area contributed by atoms with Gasteiger partial charge in [0.15, 0.2) is 0 Å². The summed E-state index contributed by atoms with van der Waals surface area (Å²) < 4.78 is 5.04. The molecule has 2 rings (SSSR count). The van der Waals surface area contributed by atoms with Crippen molar-refractivity contribution in [2.24, 2.45) is 0 Å². The minimum atomic E-state index is -0.402. The Balaban J connectivity index is 2.14. The van der Waals surface area contributed by atoms with Gasteiger partial charge < -0.3 is 14.7 Å². The molecule has 0 bridgehead atoms. The minimum Gasteiger partial charge on any atom is -0.391 e. The maximum atomic E-state index is 12.5. The summed E-state index contributed by atoms with van der Waals surface area (Å²) in [7, 11) is 3.37. The number of aliphatic hydroxyl groups excluding tert-OH is 1. The first kappa shape index (κ1) is 14.4. The van der Waals surface area contributed by atoms with Gasteiger partial charge in [-0.3, -0.25) is 4.79 Å². The van der Waals surface area contributed by atoms with Crippen LogP contribution in [0.15, 0.2) is 0 Å². The molecule has 0 unspecified atom stereocenters. The first-order valence-corrected chi connectivity index (χ1v) is 7.26. The number of aromatic nitrogens is 1. The molecule has 0 aromatic carbocycles. The van der Waals surface area contributed by atoms with E-state index in [1.165, 1.54) is 11.3 Å². The van der Waals surface area contributed by atoms with E-state index in [-0.39, 0.29) is 11.9 Å². The lowest BCUT2D eigenvalue weighted by atomic mass is 10.2. The summed E-state index contributed by atoms with van der Waals surface area (Å²) in [4.78, 5) is 19.1. The van der Waals surface area contributed by atoms with Gasteiger partial charge in [-0.05, 0) is 26.2 Å². The van der Waals surface area contributed by atoms with Crippen molar-refractivity contribution in [3.05, 3.63) is 15.6 Å². The molecule has 0 radical (unpaired) electrons. The highest BCUT2D eigenvalue weighted by Gasteiger charge is 2.32. The molecule has 1 aliphatic carbocycles. The zero-order chi connectivity index (χ0) is 14.0. The number of methoxy groups -OCH3 is 1. The zero-order valence-corrected chi connectivity index (χ0v) is 12.4.